The molecule has 0 aliphatic carbocycles. The first kappa shape index (κ1) is 14.4. The third-order valence-corrected chi connectivity index (χ3v) is 4.48. The second kappa shape index (κ2) is 5.67. The van der Waals surface area contributed by atoms with E-state index >= 15 is 0 Å². The van der Waals surface area contributed by atoms with Crippen molar-refractivity contribution in [3.63, 3.8) is 0 Å². The maximum Gasteiger partial charge on any atom is 0.252 e. The van der Waals surface area contributed by atoms with Crippen LogP contribution in [0.4, 0.5) is 0 Å². The van der Waals surface area contributed by atoms with Crippen molar-refractivity contribution < 1.29 is 14.3 Å². The highest BCUT2D eigenvalue weighted by molar-refractivity contribution is 5.82. The molecule has 2 atom stereocenters. The molecule has 2 saturated heterocycles. The number of carbonyl (C=O) groups excluding carboxylic acids is 1. The minimum atomic E-state index is -0.256. The number of carbonyl (C=O) groups is 1. The first-order valence-electron chi connectivity index (χ1n) is 7.63. The summed E-state index contributed by atoms with van der Waals surface area (Å²) in [7, 11) is 3.53. The standard InChI is InChI=1S/C15H23N3O3/c1-10-13(15(20-3)17(2)16-10)11-6-4-8-18(11)14(19)12-7-5-9-21-12/h11-12H,4-9H2,1-3H3. The Kier molecular flexibility index (Phi) is 3.89. The van der Waals surface area contributed by atoms with Gasteiger partial charge in [0, 0.05) is 20.2 Å². The molecule has 1 amide bonds. The molecule has 21 heavy (non-hydrogen) atoms. The fourth-order valence-corrected chi connectivity index (χ4v) is 3.57. The molecule has 0 aromatic carbocycles. The Morgan fingerprint density at radius 2 is 2.19 bits per heavy atom. The van der Waals surface area contributed by atoms with Gasteiger partial charge in [0.2, 0.25) is 5.88 Å². The molecule has 6 nitrogen and oxygen atoms in total. The van der Waals surface area contributed by atoms with Crippen molar-refractivity contribution in [1.82, 2.24) is 14.7 Å². The zero-order valence-corrected chi connectivity index (χ0v) is 13.0. The molecule has 0 N–H and O–H groups in total. The zero-order chi connectivity index (χ0) is 15.0. The number of likely N-dealkylation sites (tertiary alicyclic amines) is 1. The van der Waals surface area contributed by atoms with Crippen LogP contribution in [-0.4, -0.2) is 47.0 Å². The number of nitrogens with zero attached hydrogens (tertiary/aromatic N) is 3. The largest absolute Gasteiger partial charge is 0.481 e. The molecule has 2 fully saturated rings. The number of rotatable bonds is 3. The highest BCUT2D eigenvalue weighted by atomic mass is 16.5. The van der Waals surface area contributed by atoms with Crippen LogP contribution in [0.1, 0.15) is 43.0 Å². The Labute approximate surface area is 125 Å². The Hall–Kier alpha value is -1.56. The summed E-state index contributed by atoms with van der Waals surface area (Å²) in [6.45, 7) is 3.47. The Balaban J connectivity index is 1.88. The SMILES string of the molecule is COc1c(C2CCCN2C(=O)C2CCCO2)c(C)nn1C. The van der Waals surface area contributed by atoms with Gasteiger partial charge < -0.3 is 14.4 Å². The third kappa shape index (κ3) is 2.41. The van der Waals surface area contributed by atoms with Gasteiger partial charge in [0.25, 0.3) is 5.91 Å². The van der Waals surface area contributed by atoms with Gasteiger partial charge in [0.1, 0.15) is 6.10 Å². The number of aryl methyl sites for hydroxylation is 2. The summed E-state index contributed by atoms with van der Waals surface area (Å²) < 4.78 is 12.8. The smallest absolute Gasteiger partial charge is 0.252 e. The molecule has 2 aliphatic rings. The molecule has 0 radical (unpaired) electrons. The number of methoxy groups -OCH3 is 1. The van der Waals surface area contributed by atoms with Gasteiger partial charge in [0.15, 0.2) is 0 Å². The molecular weight excluding hydrogens is 270 g/mol. The quantitative estimate of drug-likeness (QED) is 0.849. The second-order valence-electron chi connectivity index (χ2n) is 5.82. The lowest BCUT2D eigenvalue weighted by Crippen LogP contribution is -2.38. The summed E-state index contributed by atoms with van der Waals surface area (Å²) >= 11 is 0. The highest BCUT2D eigenvalue weighted by Crippen LogP contribution is 2.39. The van der Waals surface area contributed by atoms with E-state index in [1.807, 2.05) is 18.9 Å². The molecule has 3 heterocycles. The van der Waals surface area contributed by atoms with Crippen molar-refractivity contribution in [2.24, 2.45) is 7.05 Å². The van der Waals surface area contributed by atoms with Crippen molar-refractivity contribution >= 4 is 5.91 Å². The van der Waals surface area contributed by atoms with Crippen LogP contribution in [0.5, 0.6) is 5.88 Å². The molecule has 2 unspecified atom stereocenters. The van der Waals surface area contributed by atoms with E-state index in [1.54, 1.807) is 11.8 Å². The van der Waals surface area contributed by atoms with Crippen LogP contribution in [0.3, 0.4) is 0 Å². The first-order chi connectivity index (χ1) is 10.1. The summed E-state index contributed by atoms with van der Waals surface area (Å²) in [6, 6.07) is 0.0605. The first-order valence-corrected chi connectivity index (χ1v) is 7.63. The summed E-state index contributed by atoms with van der Waals surface area (Å²) in [5, 5.41) is 4.44. The number of hydrogen-bond acceptors (Lipinski definition) is 4. The fraction of sp³-hybridized carbons (Fsp3) is 0.733. The third-order valence-electron chi connectivity index (χ3n) is 4.48. The zero-order valence-electron chi connectivity index (χ0n) is 13.0. The van der Waals surface area contributed by atoms with Crippen molar-refractivity contribution in [3.8, 4) is 5.88 Å². The molecule has 0 bridgehead atoms. The average molecular weight is 293 g/mol. The summed E-state index contributed by atoms with van der Waals surface area (Å²) in [5.41, 5.74) is 1.98. The van der Waals surface area contributed by atoms with E-state index in [0.717, 1.165) is 49.4 Å². The second-order valence-corrected chi connectivity index (χ2v) is 5.82. The van der Waals surface area contributed by atoms with Crippen LogP contribution >= 0.6 is 0 Å². The molecule has 0 saturated carbocycles. The molecule has 1 aromatic heterocycles. The van der Waals surface area contributed by atoms with Crippen molar-refractivity contribution in [2.45, 2.75) is 44.8 Å². The van der Waals surface area contributed by atoms with Crippen LogP contribution < -0.4 is 4.74 Å². The van der Waals surface area contributed by atoms with Crippen LogP contribution in [0.25, 0.3) is 0 Å². The van der Waals surface area contributed by atoms with Gasteiger partial charge in [-0.3, -0.25) is 4.79 Å². The van der Waals surface area contributed by atoms with E-state index < -0.39 is 0 Å². The van der Waals surface area contributed by atoms with Gasteiger partial charge >= 0.3 is 0 Å². The lowest BCUT2D eigenvalue weighted by molar-refractivity contribution is -0.141. The van der Waals surface area contributed by atoms with Crippen LogP contribution in [0, 0.1) is 6.92 Å². The Morgan fingerprint density at radius 1 is 1.38 bits per heavy atom. The Morgan fingerprint density at radius 3 is 2.86 bits per heavy atom. The average Bonchev–Trinajstić information content (AvgIpc) is 3.16. The predicted molar refractivity (Wildman–Crippen MR) is 77.2 cm³/mol. The van der Waals surface area contributed by atoms with E-state index in [0.29, 0.717) is 6.61 Å². The monoisotopic (exact) mass is 293 g/mol. The molecular formula is C15H23N3O3. The van der Waals surface area contributed by atoms with Crippen LogP contribution in [0.2, 0.25) is 0 Å². The van der Waals surface area contributed by atoms with Gasteiger partial charge in [-0.25, -0.2) is 4.68 Å². The van der Waals surface area contributed by atoms with Gasteiger partial charge in [-0.05, 0) is 32.6 Å². The summed E-state index contributed by atoms with van der Waals surface area (Å²) in [6.07, 6.45) is 3.53. The number of aromatic nitrogens is 2. The molecule has 1 aromatic rings. The van der Waals surface area contributed by atoms with Crippen molar-refractivity contribution in [3.05, 3.63) is 11.3 Å². The molecule has 6 heteroatoms. The van der Waals surface area contributed by atoms with Crippen LogP contribution in [-0.2, 0) is 16.6 Å². The predicted octanol–water partition coefficient (Wildman–Crippen LogP) is 1.58. The highest BCUT2D eigenvalue weighted by Gasteiger charge is 2.38. The number of amides is 1. The van der Waals surface area contributed by atoms with Gasteiger partial charge in [-0.2, -0.15) is 5.10 Å². The molecule has 0 spiro atoms. The maximum absolute atomic E-state index is 12.7. The normalized spacial score (nSPS) is 25.6. The minimum absolute atomic E-state index is 0.0605. The molecule has 116 valence electrons. The van der Waals surface area contributed by atoms with E-state index in [1.165, 1.54) is 0 Å². The Bertz CT molecular complexity index is 535. The fourth-order valence-electron chi connectivity index (χ4n) is 3.57. The topological polar surface area (TPSA) is 56.6 Å². The van der Waals surface area contributed by atoms with E-state index in [-0.39, 0.29) is 18.1 Å². The summed E-state index contributed by atoms with van der Waals surface area (Å²) in [5.74, 6) is 0.879. The van der Waals surface area contributed by atoms with Gasteiger partial charge in [-0.1, -0.05) is 0 Å². The number of hydrogen-bond donors (Lipinski definition) is 0. The maximum atomic E-state index is 12.7. The van der Waals surface area contributed by atoms with E-state index in [2.05, 4.69) is 5.10 Å². The van der Waals surface area contributed by atoms with E-state index in [4.69, 9.17) is 9.47 Å². The lowest BCUT2D eigenvalue weighted by Gasteiger charge is -2.27. The summed E-state index contributed by atoms with van der Waals surface area (Å²) in [4.78, 5) is 14.6. The van der Waals surface area contributed by atoms with Gasteiger partial charge in [-0.15, -0.1) is 0 Å². The lowest BCUT2D eigenvalue weighted by atomic mass is 10.0. The minimum Gasteiger partial charge on any atom is -0.481 e. The van der Waals surface area contributed by atoms with Crippen molar-refractivity contribution in [1.29, 1.82) is 0 Å². The van der Waals surface area contributed by atoms with Gasteiger partial charge in [0.05, 0.1) is 24.4 Å². The number of ether oxygens (including phenoxy) is 2. The van der Waals surface area contributed by atoms with Crippen molar-refractivity contribution in [2.75, 3.05) is 20.3 Å². The molecule has 2 aliphatic heterocycles. The van der Waals surface area contributed by atoms with Crippen LogP contribution in [0.15, 0.2) is 0 Å². The van der Waals surface area contributed by atoms with E-state index in [9.17, 15) is 4.79 Å². The molecule has 3 rings (SSSR count).